The molecule has 0 bridgehead atoms. The first-order chi connectivity index (χ1) is 11.1. The van der Waals surface area contributed by atoms with Crippen molar-refractivity contribution in [2.75, 3.05) is 0 Å². The summed E-state index contributed by atoms with van der Waals surface area (Å²) in [5.74, 6) is 0.789. The lowest BCUT2D eigenvalue weighted by Crippen LogP contribution is -2.14. The van der Waals surface area contributed by atoms with E-state index in [1.807, 2.05) is 39.5 Å². The molecule has 4 nitrogen and oxygen atoms in total. The van der Waals surface area contributed by atoms with Gasteiger partial charge in [-0.1, -0.05) is 34.1 Å². The van der Waals surface area contributed by atoms with E-state index in [2.05, 4.69) is 15.9 Å². The Kier molecular flexibility index (Phi) is 4.39. The van der Waals surface area contributed by atoms with Gasteiger partial charge in [0.05, 0.1) is 0 Å². The number of aromatic nitrogens is 2. The number of halogens is 1. The summed E-state index contributed by atoms with van der Waals surface area (Å²) < 4.78 is 4.61. The fraction of sp³-hybridized carbons (Fsp3) is 0. The quantitative estimate of drug-likeness (QED) is 0.712. The molecule has 3 rings (SSSR count). The first-order valence-electron chi connectivity index (χ1n) is 6.97. The number of rotatable bonds is 3. The highest BCUT2D eigenvalue weighted by atomic mass is 79.9. The molecule has 0 aliphatic heterocycles. The van der Waals surface area contributed by atoms with Crippen LogP contribution in [0.4, 0.5) is 0 Å². The zero-order chi connectivity index (χ0) is 16.2. The highest BCUT2D eigenvalue weighted by molar-refractivity contribution is 9.10. The van der Waals surface area contributed by atoms with Gasteiger partial charge in [0.25, 0.3) is 0 Å². The van der Waals surface area contributed by atoms with Gasteiger partial charge < -0.3 is 9.13 Å². The normalized spacial score (nSPS) is 10.3. The Morgan fingerprint density at radius 2 is 1.26 bits per heavy atom. The lowest BCUT2D eigenvalue weighted by atomic mass is 10.2. The number of pyridine rings is 2. The van der Waals surface area contributed by atoms with Gasteiger partial charge in [-0.2, -0.15) is 0 Å². The molecule has 0 unspecified atom stereocenters. The second-order valence-electron chi connectivity index (χ2n) is 4.91. The fourth-order valence-corrected chi connectivity index (χ4v) is 2.54. The Bertz CT molecular complexity index is 890. The van der Waals surface area contributed by atoms with Gasteiger partial charge in [0, 0.05) is 53.5 Å². The van der Waals surface area contributed by atoms with E-state index in [0.29, 0.717) is 0 Å². The van der Waals surface area contributed by atoms with Crippen LogP contribution in [0.5, 0.6) is 0 Å². The highest BCUT2D eigenvalue weighted by Gasteiger charge is 2.04. The molecule has 1 aromatic carbocycles. The second kappa shape index (κ2) is 6.62. The highest BCUT2D eigenvalue weighted by Crippen LogP contribution is 2.19. The maximum atomic E-state index is 11.3. The van der Waals surface area contributed by atoms with Crippen LogP contribution in [-0.2, 0) is 0 Å². The third-order valence-electron chi connectivity index (χ3n) is 3.32. The first-order valence-corrected chi connectivity index (χ1v) is 7.76. The van der Waals surface area contributed by atoms with Crippen LogP contribution in [0.25, 0.3) is 6.08 Å². The molecule has 0 aliphatic carbocycles. The topological polar surface area (TPSA) is 44.0 Å². The third kappa shape index (κ3) is 3.57. The zero-order valence-corrected chi connectivity index (χ0v) is 13.7. The van der Waals surface area contributed by atoms with E-state index in [-0.39, 0.29) is 10.9 Å². The Hall–Kier alpha value is -2.66. The molecule has 2 heterocycles. The SMILES string of the molecule is O=c1ccn(C(=Cc2ccccc2Br)n2ccc(=O)cc2)cc1. The van der Waals surface area contributed by atoms with Crippen LogP contribution < -0.4 is 10.9 Å². The van der Waals surface area contributed by atoms with Gasteiger partial charge in [0.2, 0.25) is 0 Å². The molecule has 0 amide bonds. The minimum absolute atomic E-state index is 0.0543. The maximum Gasteiger partial charge on any atom is 0.181 e. The summed E-state index contributed by atoms with van der Waals surface area (Å²) in [5.41, 5.74) is 0.877. The summed E-state index contributed by atoms with van der Waals surface area (Å²) in [6.07, 6.45) is 8.76. The Balaban J connectivity index is 2.19. The van der Waals surface area contributed by atoms with Crippen molar-refractivity contribution in [1.29, 1.82) is 0 Å². The van der Waals surface area contributed by atoms with E-state index in [4.69, 9.17) is 0 Å². The van der Waals surface area contributed by atoms with E-state index in [9.17, 15) is 9.59 Å². The minimum Gasteiger partial charge on any atom is -0.309 e. The molecule has 0 spiro atoms. The predicted molar refractivity (Wildman–Crippen MR) is 94.0 cm³/mol. The Morgan fingerprint density at radius 1 is 0.783 bits per heavy atom. The number of hydrogen-bond donors (Lipinski definition) is 0. The summed E-state index contributed by atoms with van der Waals surface area (Å²) in [6.45, 7) is 0. The van der Waals surface area contributed by atoms with Gasteiger partial charge in [-0.25, -0.2) is 0 Å². The van der Waals surface area contributed by atoms with Crippen LogP contribution in [0, 0.1) is 5.82 Å². The van der Waals surface area contributed by atoms with Crippen LogP contribution in [0.15, 0.2) is 87.4 Å². The smallest absolute Gasteiger partial charge is 0.181 e. The molecule has 0 saturated carbocycles. The zero-order valence-electron chi connectivity index (χ0n) is 12.1. The van der Waals surface area contributed by atoms with Gasteiger partial charge >= 0.3 is 0 Å². The van der Waals surface area contributed by atoms with Gasteiger partial charge in [0.15, 0.2) is 10.9 Å². The Morgan fingerprint density at radius 3 is 1.74 bits per heavy atom. The molecule has 114 valence electrons. The molecule has 2 aromatic heterocycles. The van der Waals surface area contributed by atoms with E-state index in [1.54, 1.807) is 24.8 Å². The standard InChI is InChI=1S/C18H13BrN2O2/c19-17-4-2-1-3-14(17)13-18(20-9-5-15(22)6-10-20)21-11-7-16(23)8-12-21/h1-13H. The van der Waals surface area contributed by atoms with Gasteiger partial charge in [0.1, 0.15) is 5.82 Å². The van der Waals surface area contributed by atoms with E-state index < -0.39 is 0 Å². The monoisotopic (exact) mass is 368 g/mol. The van der Waals surface area contributed by atoms with Crippen molar-refractivity contribution in [1.82, 2.24) is 9.13 Å². The van der Waals surface area contributed by atoms with Gasteiger partial charge in [-0.15, -0.1) is 0 Å². The van der Waals surface area contributed by atoms with Crippen LogP contribution in [0.2, 0.25) is 0 Å². The maximum absolute atomic E-state index is 11.3. The number of benzene rings is 1. The van der Waals surface area contributed by atoms with E-state index >= 15 is 0 Å². The van der Waals surface area contributed by atoms with Crippen molar-refractivity contribution in [3.05, 3.63) is 110 Å². The molecule has 0 radical (unpaired) electrons. The Labute approximate surface area is 141 Å². The molecule has 0 fully saturated rings. The third-order valence-corrected chi connectivity index (χ3v) is 4.04. The molecule has 23 heavy (non-hydrogen) atoms. The van der Waals surface area contributed by atoms with Crippen molar-refractivity contribution in [2.45, 2.75) is 0 Å². The average Bonchev–Trinajstić information content (AvgIpc) is 2.56. The van der Waals surface area contributed by atoms with E-state index in [1.165, 1.54) is 24.3 Å². The van der Waals surface area contributed by atoms with Crippen LogP contribution in [0.1, 0.15) is 5.56 Å². The lowest BCUT2D eigenvalue weighted by Gasteiger charge is -2.15. The van der Waals surface area contributed by atoms with Gasteiger partial charge in [-0.3, -0.25) is 9.59 Å². The van der Waals surface area contributed by atoms with Gasteiger partial charge in [-0.05, 0) is 17.7 Å². The average molecular weight is 369 g/mol. The predicted octanol–water partition coefficient (Wildman–Crippen LogP) is 3.09. The second-order valence-corrected chi connectivity index (χ2v) is 5.76. The van der Waals surface area contributed by atoms with Crippen molar-refractivity contribution in [2.24, 2.45) is 0 Å². The molecular weight excluding hydrogens is 356 g/mol. The van der Waals surface area contributed by atoms with Crippen molar-refractivity contribution in [3.8, 4) is 0 Å². The van der Waals surface area contributed by atoms with Crippen molar-refractivity contribution >= 4 is 22.0 Å². The molecule has 3 aromatic rings. The number of nitrogens with zero attached hydrogens (tertiary/aromatic N) is 2. The minimum atomic E-state index is -0.0543. The molecule has 0 aliphatic rings. The van der Waals surface area contributed by atoms with Crippen LogP contribution >= 0.6 is 15.9 Å². The first kappa shape index (κ1) is 15.2. The number of hydrogen-bond acceptors (Lipinski definition) is 2. The fourth-order valence-electron chi connectivity index (χ4n) is 2.14. The van der Waals surface area contributed by atoms with Crippen molar-refractivity contribution in [3.63, 3.8) is 0 Å². The molecule has 0 atom stereocenters. The van der Waals surface area contributed by atoms with E-state index in [0.717, 1.165) is 15.9 Å². The summed E-state index contributed by atoms with van der Waals surface area (Å²) in [5, 5.41) is 0. The molecule has 5 heteroatoms. The van der Waals surface area contributed by atoms with Crippen molar-refractivity contribution < 1.29 is 0 Å². The molecule has 0 N–H and O–H groups in total. The summed E-state index contributed by atoms with van der Waals surface area (Å²) >= 11 is 3.53. The molecule has 0 saturated heterocycles. The summed E-state index contributed by atoms with van der Waals surface area (Å²) in [6, 6.07) is 13.8. The van der Waals surface area contributed by atoms with Crippen LogP contribution in [-0.4, -0.2) is 9.13 Å². The summed E-state index contributed by atoms with van der Waals surface area (Å²) in [4.78, 5) is 22.7. The lowest BCUT2D eigenvalue weighted by molar-refractivity contribution is 0.754. The van der Waals surface area contributed by atoms with Crippen LogP contribution in [0.3, 0.4) is 0 Å². The molecular formula is C18H13BrN2O2. The summed E-state index contributed by atoms with van der Waals surface area (Å²) in [7, 11) is 0. The largest absolute Gasteiger partial charge is 0.309 e.